The van der Waals surface area contributed by atoms with Gasteiger partial charge in [0.05, 0.1) is 12.3 Å². The Morgan fingerprint density at radius 1 is 0.870 bits per heavy atom. The van der Waals surface area contributed by atoms with Crippen LogP contribution in [0, 0.1) is 0 Å². The highest BCUT2D eigenvalue weighted by atomic mass is 16.4. The van der Waals surface area contributed by atoms with Crippen LogP contribution in [0.25, 0.3) is 0 Å². The summed E-state index contributed by atoms with van der Waals surface area (Å²) >= 11 is 0. The standard InChI is InChI=1S/C20H20BNO/c1-2-17-9-8-12-19(15-17)21(18-10-4-3-5-11-18)23-16-20-13-6-7-14-22-20/h3-15H,2,16H2,1H3. The molecule has 0 spiro atoms. The summed E-state index contributed by atoms with van der Waals surface area (Å²) in [6.07, 6.45) is 2.82. The number of hydrogen-bond donors (Lipinski definition) is 0. The lowest BCUT2D eigenvalue weighted by Gasteiger charge is -2.16. The van der Waals surface area contributed by atoms with Gasteiger partial charge in [0.15, 0.2) is 0 Å². The molecule has 0 radical (unpaired) electrons. The maximum atomic E-state index is 6.24. The molecule has 0 N–H and O–H groups in total. The third-order valence-electron chi connectivity index (χ3n) is 3.89. The first-order valence-electron chi connectivity index (χ1n) is 8.02. The molecule has 0 aliphatic rings. The average Bonchev–Trinajstić information content (AvgIpc) is 2.64. The Hall–Kier alpha value is -2.39. The molecule has 1 heterocycles. The molecule has 1 aromatic heterocycles. The molecular weight excluding hydrogens is 281 g/mol. The first kappa shape index (κ1) is 15.5. The highest BCUT2D eigenvalue weighted by Crippen LogP contribution is 2.03. The van der Waals surface area contributed by atoms with Gasteiger partial charge < -0.3 is 4.65 Å². The first-order chi connectivity index (χ1) is 11.4. The molecule has 0 atom stereocenters. The largest absolute Gasteiger partial charge is 0.421 e. The maximum absolute atomic E-state index is 6.24. The second-order valence-electron chi connectivity index (χ2n) is 5.52. The van der Waals surface area contributed by atoms with Crippen LogP contribution in [0.1, 0.15) is 18.2 Å². The van der Waals surface area contributed by atoms with Crippen molar-refractivity contribution in [3.05, 3.63) is 90.3 Å². The molecule has 0 bridgehead atoms. The molecule has 2 nitrogen and oxygen atoms in total. The van der Waals surface area contributed by atoms with Crippen molar-refractivity contribution in [2.45, 2.75) is 20.0 Å². The van der Waals surface area contributed by atoms with Gasteiger partial charge in [-0.25, -0.2) is 0 Å². The van der Waals surface area contributed by atoms with E-state index in [1.165, 1.54) is 11.0 Å². The Morgan fingerprint density at radius 3 is 2.39 bits per heavy atom. The monoisotopic (exact) mass is 301 g/mol. The molecule has 0 aliphatic heterocycles. The van der Waals surface area contributed by atoms with Crippen LogP contribution in [0.5, 0.6) is 0 Å². The van der Waals surface area contributed by atoms with E-state index in [0.29, 0.717) is 6.61 Å². The van der Waals surface area contributed by atoms with Crippen molar-refractivity contribution in [1.82, 2.24) is 4.98 Å². The van der Waals surface area contributed by atoms with E-state index in [1.807, 2.05) is 24.3 Å². The number of pyridine rings is 1. The molecule has 23 heavy (non-hydrogen) atoms. The van der Waals surface area contributed by atoms with Crippen molar-refractivity contribution >= 4 is 17.8 Å². The van der Waals surface area contributed by atoms with Crippen LogP contribution in [-0.4, -0.2) is 11.9 Å². The lowest BCUT2D eigenvalue weighted by Crippen LogP contribution is -2.45. The predicted molar refractivity (Wildman–Crippen MR) is 96.3 cm³/mol. The zero-order valence-corrected chi connectivity index (χ0v) is 13.4. The summed E-state index contributed by atoms with van der Waals surface area (Å²) < 4.78 is 6.24. The Bertz CT molecular complexity index is 731. The molecule has 3 aromatic rings. The molecule has 2 aromatic carbocycles. The van der Waals surface area contributed by atoms with Crippen molar-refractivity contribution in [3.63, 3.8) is 0 Å². The Morgan fingerprint density at radius 2 is 1.65 bits per heavy atom. The van der Waals surface area contributed by atoms with E-state index in [-0.39, 0.29) is 6.92 Å². The predicted octanol–water partition coefficient (Wildman–Crippen LogP) is 2.97. The van der Waals surface area contributed by atoms with E-state index >= 15 is 0 Å². The summed E-state index contributed by atoms with van der Waals surface area (Å²) in [7, 11) is 0. The van der Waals surface area contributed by atoms with E-state index in [1.54, 1.807) is 6.20 Å². The molecule has 0 unspecified atom stereocenters. The van der Waals surface area contributed by atoms with E-state index < -0.39 is 0 Å². The quantitative estimate of drug-likeness (QED) is 0.653. The summed E-state index contributed by atoms with van der Waals surface area (Å²) in [5.74, 6) is 0. The van der Waals surface area contributed by atoms with Crippen molar-refractivity contribution in [1.29, 1.82) is 0 Å². The van der Waals surface area contributed by atoms with E-state index in [4.69, 9.17) is 4.65 Å². The highest BCUT2D eigenvalue weighted by Gasteiger charge is 2.21. The fourth-order valence-electron chi connectivity index (χ4n) is 2.64. The molecule has 0 aliphatic carbocycles. The maximum Gasteiger partial charge on any atom is 0.361 e. The van der Waals surface area contributed by atoms with Crippen LogP contribution >= 0.6 is 0 Å². The van der Waals surface area contributed by atoms with Gasteiger partial charge in [-0.05, 0) is 35.0 Å². The Kier molecular flexibility index (Phi) is 5.23. The smallest absolute Gasteiger partial charge is 0.361 e. The number of rotatable bonds is 6. The van der Waals surface area contributed by atoms with Gasteiger partial charge in [-0.1, -0.05) is 67.6 Å². The van der Waals surface area contributed by atoms with Gasteiger partial charge in [-0.2, -0.15) is 0 Å². The number of benzene rings is 2. The molecular formula is C20H20BNO. The lowest BCUT2D eigenvalue weighted by molar-refractivity contribution is 0.316. The van der Waals surface area contributed by atoms with Gasteiger partial charge in [0, 0.05) is 6.20 Å². The second kappa shape index (κ2) is 7.75. The summed E-state index contributed by atoms with van der Waals surface area (Å²) in [5, 5.41) is 0. The molecule has 0 saturated carbocycles. The minimum Gasteiger partial charge on any atom is -0.421 e. The van der Waals surface area contributed by atoms with Crippen LogP contribution in [-0.2, 0) is 17.7 Å². The third kappa shape index (κ3) is 4.08. The minimum atomic E-state index is -0.0790. The summed E-state index contributed by atoms with van der Waals surface area (Å²) in [6.45, 7) is 2.59. The average molecular weight is 301 g/mol. The van der Waals surface area contributed by atoms with Crippen LogP contribution < -0.4 is 10.9 Å². The topological polar surface area (TPSA) is 22.1 Å². The summed E-state index contributed by atoms with van der Waals surface area (Å²) in [6, 6.07) is 24.9. The van der Waals surface area contributed by atoms with Crippen LogP contribution in [0.15, 0.2) is 79.0 Å². The third-order valence-corrected chi connectivity index (χ3v) is 3.89. The lowest BCUT2D eigenvalue weighted by atomic mass is 9.55. The van der Waals surface area contributed by atoms with Crippen LogP contribution in [0.3, 0.4) is 0 Å². The van der Waals surface area contributed by atoms with E-state index in [9.17, 15) is 0 Å². The fourth-order valence-corrected chi connectivity index (χ4v) is 2.64. The zero-order valence-electron chi connectivity index (χ0n) is 13.4. The molecule has 0 amide bonds. The van der Waals surface area contributed by atoms with Gasteiger partial charge >= 0.3 is 6.92 Å². The van der Waals surface area contributed by atoms with Crippen molar-refractivity contribution in [2.75, 3.05) is 0 Å². The molecule has 114 valence electrons. The van der Waals surface area contributed by atoms with Crippen molar-refractivity contribution < 1.29 is 4.65 Å². The highest BCUT2D eigenvalue weighted by molar-refractivity contribution is 6.80. The number of nitrogens with zero attached hydrogens (tertiary/aromatic N) is 1. The molecule has 3 rings (SSSR count). The number of aromatic nitrogens is 1. The zero-order chi connectivity index (χ0) is 15.9. The summed E-state index contributed by atoms with van der Waals surface area (Å²) in [5.41, 5.74) is 4.62. The molecule has 3 heteroatoms. The van der Waals surface area contributed by atoms with Crippen molar-refractivity contribution in [3.8, 4) is 0 Å². The van der Waals surface area contributed by atoms with Gasteiger partial charge in [0.1, 0.15) is 0 Å². The van der Waals surface area contributed by atoms with Crippen LogP contribution in [0.2, 0.25) is 0 Å². The molecule has 0 saturated heterocycles. The van der Waals surface area contributed by atoms with Gasteiger partial charge in [0.2, 0.25) is 0 Å². The minimum absolute atomic E-state index is 0.0790. The normalized spacial score (nSPS) is 10.5. The molecule has 0 fully saturated rings. The van der Waals surface area contributed by atoms with Gasteiger partial charge in [-0.3, -0.25) is 4.98 Å². The van der Waals surface area contributed by atoms with Gasteiger partial charge in [0.25, 0.3) is 0 Å². The fraction of sp³-hybridized carbons (Fsp3) is 0.150. The van der Waals surface area contributed by atoms with Crippen LogP contribution in [0.4, 0.5) is 0 Å². The first-order valence-corrected chi connectivity index (χ1v) is 8.02. The van der Waals surface area contributed by atoms with E-state index in [2.05, 4.69) is 60.4 Å². The van der Waals surface area contributed by atoms with Crippen molar-refractivity contribution in [2.24, 2.45) is 0 Å². The Labute approximate surface area is 138 Å². The second-order valence-corrected chi connectivity index (χ2v) is 5.52. The number of hydrogen-bond acceptors (Lipinski definition) is 2. The summed E-state index contributed by atoms with van der Waals surface area (Å²) in [4.78, 5) is 4.35. The van der Waals surface area contributed by atoms with E-state index in [0.717, 1.165) is 17.6 Å². The van der Waals surface area contributed by atoms with Gasteiger partial charge in [-0.15, -0.1) is 0 Å². The number of aryl methyl sites for hydroxylation is 1. The Balaban J connectivity index is 1.87. The SMILES string of the molecule is CCc1cccc(B(OCc2ccccn2)c2ccccc2)c1.